The van der Waals surface area contributed by atoms with Crippen molar-refractivity contribution in [1.29, 1.82) is 0 Å². The average molecular weight is 634 g/mol. The molecule has 4 aliphatic heterocycles. The molecule has 3 fully saturated rings. The molecule has 0 aromatic carbocycles. The quantitative estimate of drug-likeness (QED) is 0.223. The van der Waals surface area contributed by atoms with Crippen molar-refractivity contribution in [1.82, 2.24) is 0 Å². The minimum Gasteiger partial charge on any atom is -0.459 e. The van der Waals surface area contributed by atoms with E-state index in [1.165, 1.54) is 6.08 Å². The molecule has 11 heteroatoms. The third-order valence-corrected chi connectivity index (χ3v) is 9.14. The first-order chi connectivity index (χ1) is 21.3. The van der Waals surface area contributed by atoms with E-state index >= 15 is 0 Å². The van der Waals surface area contributed by atoms with Crippen molar-refractivity contribution in [2.75, 3.05) is 0 Å². The van der Waals surface area contributed by atoms with E-state index in [1.54, 1.807) is 12.2 Å². The normalized spacial score (nSPS) is 48.9. The Hall–Kier alpha value is -2.19. The summed E-state index contributed by atoms with van der Waals surface area (Å²) in [5.41, 5.74) is 6.26. The molecule has 4 heterocycles. The van der Waals surface area contributed by atoms with E-state index in [2.05, 4.69) is 0 Å². The fourth-order valence-corrected chi connectivity index (χ4v) is 5.99. The Morgan fingerprint density at radius 3 is 2.36 bits per heavy atom. The molecule has 4 aliphatic rings. The van der Waals surface area contributed by atoms with Crippen LogP contribution in [0.5, 0.6) is 0 Å². The molecule has 11 nitrogen and oxygen atoms in total. The second-order valence-electron chi connectivity index (χ2n) is 12.9. The maximum absolute atomic E-state index is 12.2. The van der Waals surface area contributed by atoms with Gasteiger partial charge in [-0.15, -0.1) is 0 Å². The number of aliphatic hydroxyl groups is 4. The standard InChI is InChI=1S/C34H51NO10/c1-20-12-10-8-6-5-7-9-11-13-25(43-33-32(39)31(35)21(2)23(4)42-33)17-28-22(3)26(37)19-34(40,45-28)18-24(36)16-29-27(44-29)14-15-30(38)41-20/h5-11,13-15,20-29,31-33,36-37,39-40H,12,16-19,35H2,1-4H3/b6-5+,9-7+,10-8+,13-11+,15-14+/t20-,21-,22-,23?,24+,25+,26?,27?,28+,29-,31?,32?,33+,34-/m1/s1. The number of carbonyl (C=O) groups is 1. The highest BCUT2D eigenvalue weighted by atomic mass is 16.7. The van der Waals surface area contributed by atoms with Crippen molar-refractivity contribution >= 4 is 5.97 Å². The Balaban J connectivity index is 1.53. The Morgan fingerprint density at radius 1 is 0.889 bits per heavy atom. The number of ether oxygens (including phenoxy) is 5. The number of rotatable bonds is 2. The third kappa shape index (κ3) is 10.4. The summed E-state index contributed by atoms with van der Waals surface area (Å²) in [6.45, 7) is 7.46. The van der Waals surface area contributed by atoms with E-state index in [0.29, 0.717) is 6.42 Å². The lowest BCUT2D eigenvalue weighted by Gasteiger charge is -2.45. The van der Waals surface area contributed by atoms with Crippen LogP contribution in [-0.4, -0.2) is 99.5 Å². The molecule has 14 atom stereocenters. The molecule has 0 aliphatic carbocycles. The first-order valence-electron chi connectivity index (χ1n) is 16.1. The fraction of sp³-hybridized carbons (Fsp3) is 0.676. The molecule has 5 unspecified atom stereocenters. The van der Waals surface area contributed by atoms with E-state index in [0.717, 1.165) is 0 Å². The average Bonchev–Trinajstić information content (AvgIpc) is 3.71. The van der Waals surface area contributed by atoms with Crippen molar-refractivity contribution in [3.05, 3.63) is 60.8 Å². The molecular formula is C34H51NO10. The summed E-state index contributed by atoms with van der Waals surface area (Å²) in [6, 6.07) is -0.533. The zero-order valence-corrected chi connectivity index (χ0v) is 26.6. The van der Waals surface area contributed by atoms with Crippen LogP contribution in [0, 0.1) is 11.8 Å². The SMILES string of the molecule is CC1O[C@@H](O[C@H]2/C=C/C=C/C=C/C=C/C[C@@H](C)OC(=O)/C=C/C3O[C@@H]3C[C@H](O)C[C@]3(O)CC(O)[C@@H](C)[C@H](C2)O3)C(O)C(N)[C@@H]1C. The minimum absolute atomic E-state index is 0.0655. The van der Waals surface area contributed by atoms with Gasteiger partial charge in [-0.05, 0) is 25.8 Å². The van der Waals surface area contributed by atoms with Crippen LogP contribution < -0.4 is 5.73 Å². The van der Waals surface area contributed by atoms with Gasteiger partial charge in [-0.25, -0.2) is 4.79 Å². The zero-order chi connectivity index (χ0) is 32.7. The molecule has 0 amide bonds. The summed E-state index contributed by atoms with van der Waals surface area (Å²) in [5.74, 6) is -2.68. The number of carbonyl (C=O) groups excluding carboxylic acids is 1. The number of fused-ring (bicyclic) bond motifs is 3. The lowest BCUT2D eigenvalue weighted by atomic mass is 9.84. The molecule has 45 heavy (non-hydrogen) atoms. The molecule has 0 saturated carbocycles. The van der Waals surface area contributed by atoms with Gasteiger partial charge < -0.3 is 49.8 Å². The van der Waals surface area contributed by atoms with Crippen molar-refractivity contribution < 1.29 is 48.9 Å². The largest absolute Gasteiger partial charge is 0.459 e. The topological polar surface area (TPSA) is 173 Å². The highest BCUT2D eigenvalue weighted by molar-refractivity contribution is 5.82. The molecule has 0 aromatic rings. The lowest BCUT2D eigenvalue weighted by Crippen LogP contribution is -2.58. The molecule has 252 valence electrons. The number of esters is 1. The van der Waals surface area contributed by atoms with Crippen molar-refractivity contribution in [3.8, 4) is 0 Å². The zero-order valence-electron chi connectivity index (χ0n) is 26.6. The van der Waals surface area contributed by atoms with Crippen LogP contribution in [0.15, 0.2) is 60.8 Å². The summed E-state index contributed by atoms with van der Waals surface area (Å²) >= 11 is 0. The Bertz CT molecular complexity index is 1120. The molecule has 0 spiro atoms. The fourth-order valence-electron chi connectivity index (χ4n) is 5.99. The monoisotopic (exact) mass is 633 g/mol. The number of cyclic esters (lactones) is 1. The molecule has 0 radical (unpaired) electrons. The number of epoxide rings is 1. The first-order valence-corrected chi connectivity index (χ1v) is 16.1. The number of aliphatic hydroxyl groups excluding tert-OH is 3. The van der Waals surface area contributed by atoms with E-state index in [4.69, 9.17) is 29.4 Å². The highest BCUT2D eigenvalue weighted by Gasteiger charge is 2.48. The van der Waals surface area contributed by atoms with Crippen LogP contribution in [0.2, 0.25) is 0 Å². The van der Waals surface area contributed by atoms with Gasteiger partial charge in [0.2, 0.25) is 0 Å². The van der Waals surface area contributed by atoms with Gasteiger partial charge in [0.15, 0.2) is 12.1 Å². The number of hydrogen-bond acceptors (Lipinski definition) is 11. The van der Waals surface area contributed by atoms with Crippen LogP contribution in [0.3, 0.4) is 0 Å². The highest BCUT2D eigenvalue weighted by Crippen LogP contribution is 2.38. The van der Waals surface area contributed by atoms with E-state index < -0.39 is 54.6 Å². The summed E-state index contributed by atoms with van der Waals surface area (Å²) < 4.78 is 29.4. The lowest BCUT2D eigenvalue weighted by molar-refractivity contribution is -0.307. The molecule has 6 N–H and O–H groups in total. The molecule has 0 aromatic heterocycles. The molecule has 4 rings (SSSR count). The van der Waals surface area contributed by atoms with Gasteiger partial charge >= 0.3 is 5.97 Å². The van der Waals surface area contributed by atoms with Crippen molar-refractivity contribution in [3.63, 3.8) is 0 Å². The summed E-state index contributed by atoms with van der Waals surface area (Å²) in [7, 11) is 0. The number of hydrogen-bond donors (Lipinski definition) is 5. The van der Waals surface area contributed by atoms with Gasteiger partial charge in [-0.3, -0.25) is 0 Å². The second-order valence-corrected chi connectivity index (χ2v) is 12.9. The Kier molecular flexibility index (Phi) is 12.7. The minimum atomic E-state index is -1.79. The van der Waals surface area contributed by atoms with Gasteiger partial charge in [0.25, 0.3) is 0 Å². The maximum atomic E-state index is 12.2. The number of nitrogens with two attached hydrogens (primary N) is 1. The van der Waals surface area contributed by atoms with Crippen LogP contribution in [0.4, 0.5) is 0 Å². The van der Waals surface area contributed by atoms with Crippen molar-refractivity contribution in [2.45, 2.75) is 133 Å². The van der Waals surface area contributed by atoms with Crippen LogP contribution in [-0.2, 0) is 28.5 Å². The van der Waals surface area contributed by atoms with Crippen LogP contribution in [0.25, 0.3) is 0 Å². The van der Waals surface area contributed by atoms with E-state index in [-0.39, 0.29) is 61.9 Å². The maximum Gasteiger partial charge on any atom is 0.330 e. The molecule has 3 saturated heterocycles. The predicted octanol–water partition coefficient (Wildman–Crippen LogP) is 2.33. The van der Waals surface area contributed by atoms with Gasteiger partial charge in [0.05, 0.1) is 36.6 Å². The number of allylic oxidation sites excluding steroid dienone is 6. The second kappa shape index (κ2) is 16.1. The van der Waals surface area contributed by atoms with Crippen LogP contribution >= 0.6 is 0 Å². The molecule has 2 bridgehead atoms. The van der Waals surface area contributed by atoms with Gasteiger partial charge in [-0.2, -0.15) is 0 Å². The van der Waals surface area contributed by atoms with E-state index in [1.807, 2.05) is 70.2 Å². The third-order valence-electron chi connectivity index (χ3n) is 9.14. The van der Waals surface area contributed by atoms with Crippen molar-refractivity contribution in [2.24, 2.45) is 17.6 Å². The van der Waals surface area contributed by atoms with Gasteiger partial charge in [0, 0.05) is 50.1 Å². The summed E-state index contributed by atoms with van der Waals surface area (Å²) in [5, 5.41) is 44.0. The first kappa shape index (κ1) is 35.7. The van der Waals surface area contributed by atoms with Gasteiger partial charge in [-0.1, -0.05) is 62.5 Å². The van der Waals surface area contributed by atoms with Gasteiger partial charge in [0.1, 0.15) is 18.3 Å². The Morgan fingerprint density at radius 2 is 1.60 bits per heavy atom. The van der Waals surface area contributed by atoms with E-state index in [9.17, 15) is 25.2 Å². The predicted molar refractivity (Wildman–Crippen MR) is 166 cm³/mol. The van der Waals surface area contributed by atoms with Crippen LogP contribution in [0.1, 0.15) is 59.8 Å². The summed E-state index contributed by atoms with van der Waals surface area (Å²) in [4.78, 5) is 12.2. The smallest absolute Gasteiger partial charge is 0.330 e. The summed E-state index contributed by atoms with van der Waals surface area (Å²) in [6.07, 6.45) is 12.1. The Labute approximate surface area is 266 Å². The molecular weight excluding hydrogens is 582 g/mol.